The number of halogens is 2. The molecule has 0 aliphatic carbocycles. The number of carbonyl (C=O) groups is 1. The lowest BCUT2D eigenvalue weighted by molar-refractivity contribution is 0.0535. The van der Waals surface area contributed by atoms with Crippen LogP contribution in [0.5, 0.6) is 5.88 Å². The topological polar surface area (TPSA) is 130 Å². The number of nitrogens with zero attached hydrogens (tertiary/aromatic N) is 3. The Labute approximate surface area is 256 Å². The minimum atomic E-state index is -4.40. The molecule has 1 N–H and O–H groups in total. The Morgan fingerprint density at radius 1 is 0.909 bits per heavy atom. The van der Waals surface area contributed by atoms with Crippen LogP contribution in [0, 0.1) is 11.6 Å². The van der Waals surface area contributed by atoms with Gasteiger partial charge in [0, 0.05) is 46.9 Å². The lowest BCUT2D eigenvalue weighted by Gasteiger charge is -2.14. The highest BCUT2D eigenvalue weighted by atomic mass is 32.2. The lowest BCUT2D eigenvalue weighted by atomic mass is 9.98. The minimum Gasteiger partial charge on any atom is -0.480 e. The third-order valence-electron chi connectivity index (χ3n) is 6.34. The first kappa shape index (κ1) is 30.6. The normalized spacial score (nSPS) is 11.3. The second kappa shape index (κ2) is 13.2. The van der Waals surface area contributed by atoms with Crippen LogP contribution in [-0.2, 0) is 26.1 Å². The van der Waals surface area contributed by atoms with Gasteiger partial charge in [0.1, 0.15) is 29.7 Å². The van der Waals surface area contributed by atoms with Crippen molar-refractivity contribution in [1.82, 2.24) is 15.0 Å². The van der Waals surface area contributed by atoms with Crippen LogP contribution in [0.1, 0.15) is 5.69 Å². The molecule has 5 rings (SSSR count). The second-order valence-corrected chi connectivity index (χ2v) is 11.3. The number of pyridine rings is 3. The Morgan fingerprint density at radius 3 is 2.43 bits per heavy atom. The zero-order valence-electron chi connectivity index (χ0n) is 23.0. The van der Waals surface area contributed by atoms with E-state index < -0.39 is 33.5 Å². The zero-order valence-corrected chi connectivity index (χ0v) is 24.7. The number of hydrogen-bond donors (Lipinski definition) is 2. The van der Waals surface area contributed by atoms with E-state index in [1.54, 1.807) is 30.6 Å². The van der Waals surface area contributed by atoms with E-state index in [0.717, 1.165) is 28.6 Å². The highest BCUT2D eigenvalue weighted by Crippen LogP contribution is 2.34. The molecule has 0 fully saturated rings. The van der Waals surface area contributed by atoms with E-state index in [-0.39, 0.29) is 24.0 Å². The molecule has 0 radical (unpaired) electrons. The van der Waals surface area contributed by atoms with Crippen molar-refractivity contribution < 1.29 is 36.2 Å². The Hall–Kier alpha value is -4.82. The van der Waals surface area contributed by atoms with Crippen molar-refractivity contribution >= 4 is 45.4 Å². The smallest absolute Gasteiger partial charge is 0.480 e. The van der Waals surface area contributed by atoms with Gasteiger partial charge in [0.15, 0.2) is 0 Å². The van der Waals surface area contributed by atoms with Crippen molar-refractivity contribution in [2.45, 2.75) is 11.5 Å². The maximum atomic E-state index is 14.2. The van der Waals surface area contributed by atoms with Crippen molar-refractivity contribution in [3.8, 4) is 28.1 Å². The number of methoxy groups -OCH3 is 1. The number of thiol groups is 1. The standard InChI is InChI=1S/C30H24F2N4O6S2/c1-40-29-28(44(38,39)36-27-7-4-21(31)14-25(27)32)13-20(16-35-29)18-3-6-26-24(12-18)23(8-9-33-26)19-2-5-22(34-15-19)17-42-30(37)41-10-11-43/h2-9,12-16,36,43H,10-11,17H2,1H3. The van der Waals surface area contributed by atoms with Crippen LogP contribution in [0.25, 0.3) is 33.2 Å². The molecule has 3 aromatic heterocycles. The fourth-order valence-electron chi connectivity index (χ4n) is 4.26. The van der Waals surface area contributed by atoms with Gasteiger partial charge >= 0.3 is 6.16 Å². The summed E-state index contributed by atoms with van der Waals surface area (Å²) in [6.07, 6.45) is 3.94. The number of nitrogens with one attached hydrogen (secondary N) is 1. The Balaban J connectivity index is 1.46. The van der Waals surface area contributed by atoms with E-state index in [0.29, 0.717) is 34.2 Å². The second-order valence-electron chi connectivity index (χ2n) is 9.20. The van der Waals surface area contributed by atoms with E-state index in [9.17, 15) is 22.0 Å². The number of fused-ring (bicyclic) bond motifs is 1. The fraction of sp³-hybridized carbons (Fsp3) is 0.133. The largest absolute Gasteiger partial charge is 0.508 e. The molecule has 0 spiro atoms. The van der Waals surface area contributed by atoms with E-state index >= 15 is 0 Å². The van der Waals surface area contributed by atoms with Gasteiger partial charge in [-0.05, 0) is 53.6 Å². The highest BCUT2D eigenvalue weighted by molar-refractivity contribution is 7.92. The molecule has 0 saturated carbocycles. The van der Waals surface area contributed by atoms with Gasteiger partial charge in [-0.25, -0.2) is 27.0 Å². The molecule has 0 amide bonds. The zero-order chi connectivity index (χ0) is 31.3. The van der Waals surface area contributed by atoms with Crippen molar-refractivity contribution in [2.75, 3.05) is 24.2 Å². The highest BCUT2D eigenvalue weighted by Gasteiger charge is 2.24. The number of carbonyl (C=O) groups excluding carboxylic acids is 1. The van der Waals surface area contributed by atoms with Crippen LogP contribution in [-0.4, -0.2) is 49.0 Å². The first-order valence-corrected chi connectivity index (χ1v) is 15.1. The molecule has 0 unspecified atom stereocenters. The van der Waals surface area contributed by atoms with Crippen LogP contribution in [0.4, 0.5) is 19.3 Å². The molecule has 0 saturated heterocycles. The van der Waals surface area contributed by atoms with Gasteiger partial charge < -0.3 is 14.2 Å². The maximum Gasteiger partial charge on any atom is 0.508 e. The number of benzene rings is 2. The van der Waals surface area contributed by atoms with Crippen LogP contribution in [0.2, 0.25) is 0 Å². The molecule has 226 valence electrons. The molecule has 2 aromatic carbocycles. The summed E-state index contributed by atoms with van der Waals surface area (Å²) in [5, 5.41) is 0.748. The number of ether oxygens (including phenoxy) is 3. The summed E-state index contributed by atoms with van der Waals surface area (Å²) in [5.74, 6) is -1.75. The maximum absolute atomic E-state index is 14.2. The molecule has 0 atom stereocenters. The molecule has 14 heteroatoms. The molecule has 0 aliphatic rings. The first-order chi connectivity index (χ1) is 21.2. The molecule has 3 heterocycles. The first-order valence-electron chi connectivity index (χ1n) is 13.0. The summed E-state index contributed by atoms with van der Waals surface area (Å²) in [7, 11) is -3.14. The fourth-order valence-corrected chi connectivity index (χ4v) is 5.56. The molecular weight excluding hydrogens is 614 g/mol. The Bertz CT molecular complexity index is 1940. The number of sulfonamides is 1. The van der Waals surface area contributed by atoms with Gasteiger partial charge in [-0.3, -0.25) is 14.7 Å². The average molecular weight is 639 g/mol. The van der Waals surface area contributed by atoms with E-state index in [4.69, 9.17) is 14.2 Å². The van der Waals surface area contributed by atoms with Gasteiger partial charge in [-0.2, -0.15) is 12.6 Å². The molecule has 44 heavy (non-hydrogen) atoms. The van der Waals surface area contributed by atoms with Crippen molar-refractivity contribution in [3.05, 3.63) is 96.6 Å². The van der Waals surface area contributed by atoms with Gasteiger partial charge in [0.25, 0.3) is 10.0 Å². The summed E-state index contributed by atoms with van der Waals surface area (Å²) >= 11 is 3.97. The predicted octanol–water partition coefficient (Wildman–Crippen LogP) is 6.03. The van der Waals surface area contributed by atoms with Gasteiger partial charge in [-0.15, -0.1) is 0 Å². The van der Waals surface area contributed by atoms with Crippen LogP contribution >= 0.6 is 12.6 Å². The van der Waals surface area contributed by atoms with Crippen molar-refractivity contribution in [2.24, 2.45) is 0 Å². The minimum absolute atomic E-state index is 0.0642. The molecule has 0 aliphatic heterocycles. The Morgan fingerprint density at radius 2 is 1.70 bits per heavy atom. The van der Waals surface area contributed by atoms with E-state index in [2.05, 4.69) is 32.3 Å². The summed E-state index contributed by atoms with van der Waals surface area (Å²) in [6, 6.07) is 14.6. The molecule has 5 aromatic rings. The third kappa shape index (κ3) is 6.87. The molecular formula is C30H24F2N4O6S2. The summed E-state index contributed by atoms with van der Waals surface area (Å²) < 4.78 is 71.3. The van der Waals surface area contributed by atoms with Gasteiger partial charge in [0.05, 0.1) is 24.0 Å². The summed E-state index contributed by atoms with van der Waals surface area (Å²) in [4.78, 5) is 24.2. The predicted molar refractivity (Wildman–Crippen MR) is 162 cm³/mol. The summed E-state index contributed by atoms with van der Waals surface area (Å²) in [5.41, 5.74) is 3.36. The van der Waals surface area contributed by atoms with Gasteiger partial charge in [0.2, 0.25) is 5.88 Å². The third-order valence-corrected chi connectivity index (χ3v) is 7.88. The summed E-state index contributed by atoms with van der Waals surface area (Å²) in [6.45, 7) is 0.0767. The monoisotopic (exact) mass is 638 g/mol. The average Bonchev–Trinajstić information content (AvgIpc) is 3.03. The van der Waals surface area contributed by atoms with Crippen LogP contribution < -0.4 is 9.46 Å². The van der Waals surface area contributed by atoms with E-state index in [1.807, 2.05) is 18.2 Å². The Kier molecular flexibility index (Phi) is 9.20. The quantitative estimate of drug-likeness (QED) is 0.139. The van der Waals surface area contributed by atoms with Crippen LogP contribution in [0.3, 0.4) is 0 Å². The molecule has 0 bridgehead atoms. The van der Waals surface area contributed by atoms with Crippen molar-refractivity contribution in [1.29, 1.82) is 0 Å². The number of hydrogen-bond acceptors (Lipinski definition) is 10. The molecule has 10 nitrogen and oxygen atoms in total. The number of rotatable bonds is 10. The van der Waals surface area contributed by atoms with Crippen molar-refractivity contribution in [3.63, 3.8) is 0 Å². The van der Waals surface area contributed by atoms with E-state index in [1.165, 1.54) is 19.4 Å². The van der Waals surface area contributed by atoms with Gasteiger partial charge in [-0.1, -0.05) is 12.1 Å². The van der Waals surface area contributed by atoms with Crippen LogP contribution in [0.15, 0.2) is 84.1 Å². The number of aromatic nitrogens is 3. The SMILES string of the molecule is COc1ncc(-c2ccc3nccc(-c4ccc(COC(=O)OCCS)nc4)c3c2)cc1S(=O)(=O)Nc1ccc(F)cc1F. The lowest BCUT2D eigenvalue weighted by Crippen LogP contribution is -2.16. The number of anilines is 1.